The van der Waals surface area contributed by atoms with Gasteiger partial charge in [0.15, 0.2) is 6.67 Å². The zero-order valence-electron chi connectivity index (χ0n) is 5.77. The van der Waals surface area contributed by atoms with E-state index in [2.05, 4.69) is 17.0 Å². The van der Waals surface area contributed by atoms with Crippen molar-refractivity contribution in [2.45, 2.75) is 13.0 Å². The SMILES string of the molecule is CCSC(=S)OC(F)(F)CF. The second-order valence-electron chi connectivity index (χ2n) is 1.56. The fourth-order valence-electron chi connectivity index (χ4n) is 0.297. The molecule has 0 saturated heterocycles. The van der Waals surface area contributed by atoms with E-state index in [1.807, 2.05) is 0 Å². The monoisotopic (exact) mass is 204 g/mol. The Morgan fingerprint density at radius 1 is 1.64 bits per heavy atom. The number of alkyl halides is 3. The minimum absolute atomic E-state index is 0.324. The molecule has 0 unspecified atom stereocenters. The second-order valence-corrected chi connectivity index (χ2v) is 3.42. The van der Waals surface area contributed by atoms with Crippen molar-refractivity contribution < 1.29 is 17.9 Å². The Balaban J connectivity index is 3.74. The topological polar surface area (TPSA) is 9.23 Å². The molecule has 0 bridgehead atoms. The fourth-order valence-corrected chi connectivity index (χ4v) is 1.19. The predicted octanol–water partition coefficient (Wildman–Crippen LogP) is 2.60. The van der Waals surface area contributed by atoms with Crippen molar-refractivity contribution in [1.29, 1.82) is 0 Å². The Morgan fingerprint density at radius 3 is 2.55 bits per heavy atom. The molecule has 66 valence electrons. The van der Waals surface area contributed by atoms with E-state index in [1.165, 1.54) is 0 Å². The first-order valence-electron chi connectivity index (χ1n) is 2.81. The van der Waals surface area contributed by atoms with Crippen molar-refractivity contribution in [3.8, 4) is 0 Å². The van der Waals surface area contributed by atoms with Crippen molar-refractivity contribution in [1.82, 2.24) is 0 Å². The quantitative estimate of drug-likeness (QED) is 0.654. The van der Waals surface area contributed by atoms with Crippen LogP contribution in [0.25, 0.3) is 0 Å². The van der Waals surface area contributed by atoms with Crippen LogP contribution in [-0.4, -0.2) is 22.9 Å². The van der Waals surface area contributed by atoms with Gasteiger partial charge in [0.05, 0.1) is 0 Å². The van der Waals surface area contributed by atoms with Gasteiger partial charge < -0.3 is 4.74 Å². The first kappa shape index (κ1) is 11.0. The van der Waals surface area contributed by atoms with Crippen LogP contribution in [0.2, 0.25) is 0 Å². The summed E-state index contributed by atoms with van der Waals surface area (Å²) in [5, 5.41) is 0. The molecule has 6 heteroatoms. The van der Waals surface area contributed by atoms with E-state index in [4.69, 9.17) is 0 Å². The van der Waals surface area contributed by atoms with Gasteiger partial charge in [0.25, 0.3) is 0 Å². The Hall–Kier alpha value is 0.0300. The highest BCUT2D eigenvalue weighted by Gasteiger charge is 2.32. The number of halogens is 3. The van der Waals surface area contributed by atoms with Crippen molar-refractivity contribution in [2.24, 2.45) is 0 Å². The highest BCUT2D eigenvalue weighted by molar-refractivity contribution is 8.22. The number of thioether (sulfide) groups is 1. The standard InChI is InChI=1S/C5H7F3OS2/c1-2-11-4(10)9-5(7,8)3-6/h2-3H2,1H3. The Kier molecular flexibility index (Phi) is 4.83. The minimum atomic E-state index is -3.76. The van der Waals surface area contributed by atoms with Gasteiger partial charge in [-0.25, -0.2) is 4.39 Å². The lowest BCUT2D eigenvalue weighted by molar-refractivity contribution is -0.192. The first-order chi connectivity index (χ1) is 5.02. The number of hydrogen-bond acceptors (Lipinski definition) is 3. The highest BCUT2D eigenvalue weighted by atomic mass is 32.2. The number of thiocarbonyl (C=S) groups is 1. The molecule has 0 heterocycles. The van der Waals surface area contributed by atoms with Gasteiger partial charge in [-0.15, -0.1) is 0 Å². The van der Waals surface area contributed by atoms with Crippen LogP contribution in [0.15, 0.2) is 0 Å². The van der Waals surface area contributed by atoms with Crippen LogP contribution >= 0.6 is 24.0 Å². The average molecular weight is 204 g/mol. The molecule has 0 aromatic carbocycles. The lowest BCUT2D eigenvalue weighted by atomic mass is 10.7. The van der Waals surface area contributed by atoms with Crippen molar-refractivity contribution in [3.63, 3.8) is 0 Å². The van der Waals surface area contributed by atoms with Crippen LogP contribution < -0.4 is 0 Å². The number of ether oxygens (including phenoxy) is 1. The molecule has 0 aromatic heterocycles. The van der Waals surface area contributed by atoms with Crippen LogP contribution in [0.5, 0.6) is 0 Å². The zero-order chi connectivity index (χ0) is 8.91. The molecular weight excluding hydrogens is 197 g/mol. The largest absolute Gasteiger partial charge is 0.428 e. The van der Waals surface area contributed by atoms with Gasteiger partial charge in [0.1, 0.15) is 0 Å². The Morgan fingerprint density at radius 2 is 2.18 bits per heavy atom. The molecule has 11 heavy (non-hydrogen) atoms. The summed E-state index contributed by atoms with van der Waals surface area (Å²) in [6.07, 6.45) is -3.76. The molecule has 0 N–H and O–H groups in total. The zero-order valence-corrected chi connectivity index (χ0v) is 7.41. The van der Waals surface area contributed by atoms with Crippen LogP contribution in [0.4, 0.5) is 13.2 Å². The first-order valence-corrected chi connectivity index (χ1v) is 4.20. The van der Waals surface area contributed by atoms with Crippen LogP contribution in [0.3, 0.4) is 0 Å². The van der Waals surface area contributed by atoms with E-state index in [0.29, 0.717) is 5.75 Å². The summed E-state index contributed by atoms with van der Waals surface area (Å²) in [6.45, 7) is -0.120. The Labute approximate surface area is 72.3 Å². The second kappa shape index (κ2) is 4.82. The van der Waals surface area contributed by atoms with E-state index in [9.17, 15) is 13.2 Å². The van der Waals surface area contributed by atoms with Gasteiger partial charge in [0.2, 0.25) is 4.38 Å². The summed E-state index contributed by atoms with van der Waals surface area (Å²) in [7, 11) is 0. The summed E-state index contributed by atoms with van der Waals surface area (Å²) in [5.41, 5.74) is 0. The summed E-state index contributed by atoms with van der Waals surface area (Å²) < 4.78 is 39.0. The molecule has 1 nitrogen and oxygen atoms in total. The maximum absolute atomic E-state index is 12.0. The van der Waals surface area contributed by atoms with E-state index in [0.717, 1.165) is 11.8 Å². The molecule has 0 fully saturated rings. The molecule has 0 aliphatic rings. The molecule has 0 rings (SSSR count). The van der Waals surface area contributed by atoms with E-state index < -0.39 is 12.8 Å². The maximum atomic E-state index is 12.0. The summed E-state index contributed by atoms with van der Waals surface area (Å²) in [4.78, 5) is 0. The van der Waals surface area contributed by atoms with Crippen molar-refractivity contribution >= 4 is 28.4 Å². The summed E-state index contributed by atoms with van der Waals surface area (Å²) in [5.74, 6) is 0.529. The van der Waals surface area contributed by atoms with Gasteiger partial charge in [0, 0.05) is 0 Å². The summed E-state index contributed by atoms with van der Waals surface area (Å²) >= 11 is 5.30. The molecular formula is C5H7F3OS2. The molecule has 0 spiro atoms. The van der Waals surface area contributed by atoms with Gasteiger partial charge in [-0.1, -0.05) is 18.7 Å². The van der Waals surface area contributed by atoms with Crippen LogP contribution in [0.1, 0.15) is 6.92 Å². The van der Waals surface area contributed by atoms with Gasteiger partial charge in [-0.2, -0.15) is 8.78 Å². The third-order valence-electron chi connectivity index (χ3n) is 0.650. The lowest BCUT2D eigenvalue weighted by Crippen LogP contribution is -2.25. The lowest BCUT2D eigenvalue weighted by Gasteiger charge is -2.13. The van der Waals surface area contributed by atoms with E-state index >= 15 is 0 Å². The molecule has 0 aliphatic heterocycles. The van der Waals surface area contributed by atoms with Crippen molar-refractivity contribution in [2.75, 3.05) is 12.4 Å². The molecule has 0 atom stereocenters. The molecule has 0 amide bonds. The highest BCUT2D eigenvalue weighted by Crippen LogP contribution is 2.20. The Bertz CT molecular complexity index is 140. The minimum Gasteiger partial charge on any atom is -0.414 e. The average Bonchev–Trinajstić information content (AvgIpc) is 1.87. The third kappa shape index (κ3) is 5.32. The molecule has 0 saturated carbocycles. The smallest absolute Gasteiger partial charge is 0.414 e. The van der Waals surface area contributed by atoms with Gasteiger partial charge in [-0.3, -0.25) is 0 Å². The predicted molar refractivity (Wildman–Crippen MR) is 42.7 cm³/mol. The van der Waals surface area contributed by atoms with Gasteiger partial charge in [-0.05, 0) is 18.0 Å². The third-order valence-corrected chi connectivity index (χ3v) is 1.70. The molecule has 0 aromatic rings. The van der Waals surface area contributed by atoms with Crippen LogP contribution in [0, 0.1) is 0 Å². The van der Waals surface area contributed by atoms with E-state index in [-0.39, 0.29) is 4.38 Å². The molecule has 0 aliphatic carbocycles. The fraction of sp³-hybridized carbons (Fsp3) is 0.800. The van der Waals surface area contributed by atoms with E-state index in [1.54, 1.807) is 6.92 Å². The molecule has 0 radical (unpaired) electrons. The maximum Gasteiger partial charge on any atom is 0.428 e. The number of hydrogen-bond donors (Lipinski definition) is 0. The van der Waals surface area contributed by atoms with Crippen LogP contribution in [-0.2, 0) is 4.74 Å². The van der Waals surface area contributed by atoms with Gasteiger partial charge >= 0.3 is 6.11 Å². The summed E-state index contributed by atoms with van der Waals surface area (Å²) in [6, 6.07) is 0. The normalized spacial score (nSPS) is 11.3. The van der Waals surface area contributed by atoms with Crippen molar-refractivity contribution in [3.05, 3.63) is 0 Å². The number of rotatable bonds is 3.